The van der Waals surface area contributed by atoms with Crippen molar-refractivity contribution < 1.29 is 9.18 Å². The predicted octanol–water partition coefficient (Wildman–Crippen LogP) is 3.92. The molecule has 1 aromatic heterocycles. The normalized spacial score (nSPS) is 10.9. The lowest BCUT2D eigenvalue weighted by Gasteiger charge is -1.96. The summed E-state index contributed by atoms with van der Waals surface area (Å²) in [6, 6.07) is 15.9. The Hall–Kier alpha value is -2.86. The molecule has 0 spiro atoms. The number of rotatable bonds is 5. The van der Waals surface area contributed by atoms with Gasteiger partial charge in [0.25, 0.3) is 0 Å². The van der Waals surface area contributed by atoms with E-state index in [1.807, 2.05) is 30.3 Å². The van der Waals surface area contributed by atoms with Crippen LogP contribution in [0.5, 0.6) is 0 Å². The minimum atomic E-state index is -0.341. The van der Waals surface area contributed by atoms with E-state index in [0.717, 1.165) is 10.6 Å². The van der Waals surface area contributed by atoms with E-state index < -0.39 is 0 Å². The lowest BCUT2D eigenvalue weighted by molar-refractivity contribution is -0.111. The number of nitrogens with zero attached hydrogens (tertiary/aromatic N) is 2. The second kappa shape index (κ2) is 7.61. The maximum absolute atomic E-state index is 13.1. The first-order chi connectivity index (χ1) is 11.7. The smallest absolute Gasteiger partial charge is 0.250 e. The molecule has 1 N–H and O–H groups in total. The van der Waals surface area contributed by atoms with Crippen LogP contribution in [-0.2, 0) is 11.2 Å². The molecule has 3 aromatic rings. The highest BCUT2D eigenvalue weighted by Gasteiger charge is 2.07. The Labute approximate surface area is 142 Å². The Kier molecular flexibility index (Phi) is 5.08. The first-order valence-corrected chi connectivity index (χ1v) is 8.11. The first kappa shape index (κ1) is 16.0. The molecule has 2 aromatic carbocycles. The molecule has 0 fully saturated rings. The summed E-state index contributed by atoms with van der Waals surface area (Å²) in [5.74, 6) is -0.672. The number of carbonyl (C=O) groups excluding carboxylic acids is 1. The van der Waals surface area contributed by atoms with Crippen LogP contribution < -0.4 is 5.32 Å². The van der Waals surface area contributed by atoms with E-state index in [9.17, 15) is 9.18 Å². The number of amides is 1. The van der Waals surface area contributed by atoms with Crippen molar-refractivity contribution in [1.29, 1.82) is 0 Å². The van der Waals surface area contributed by atoms with Crippen LogP contribution >= 0.6 is 11.3 Å². The van der Waals surface area contributed by atoms with Gasteiger partial charge in [-0.1, -0.05) is 53.8 Å². The van der Waals surface area contributed by atoms with Gasteiger partial charge in [0.2, 0.25) is 11.0 Å². The van der Waals surface area contributed by atoms with Crippen LogP contribution in [0.4, 0.5) is 9.52 Å². The molecule has 4 nitrogen and oxygen atoms in total. The third kappa shape index (κ3) is 4.57. The SMILES string of the molecule is O=C(C=Cc1cccc(F)c1)Nc1nnc(Cc2ccccc2)s1. The van der Waals surface area contributed by atoms with E-state index in [2.05, 4.69) is 15.5 Å². The van der Waals surface area contributed by atoms with Crippen LogP contribution in [0.3, 0.4) is 0 Å². The van der Waals surface area contributed by atoms with E-state index in [0.29, 0.717) is 17.1 Å². The fraction of sp³-hybridized carbons (Fsp3) is 0.0556. The molecule has 0 atom stereocenters. The van der Waals surface area contributed by atoms with E-state index in [4.69, 9.17) is 0 Å². The average Bonchev–Trinajstić information content (AvgIpc) is 3.01. The second-order valence-electron chi connectivity index (χ2n) is 5.04. The standard InChI is InChI=1S/C18H14FN3OS/c19-15-8-4-7-14(11-15)9-10-16(23)20-18-22-21-17(24-18)12-13-5-2-1-3-6-13/h1-11H,12H2,(H,20,22,23). The van der Waals surface area contributed by atoms with Crippen molar-refractivity contribution in [2.24, 2.45) is 0 Å². The van der Waals surface area contributed by atoms with Crippen LogP contribution in [0, 0.1) is 5.82 Å². The summed E-state index contributed by atoms with van der Waals surface area (Å²) in [7, 11) is 0. The zero-order valence-electron chi connectivity index (χ0n) is 12.6. The van der Waals surface area contributed by atoms with Gasteiger partial charge in [-0.15, -0.1) is 10.2 Å². The molecule has 0 saturated heterocycles. The quantitative estimate of drug-likeness (QED) is 0.717. The van der Waals surface area contributed by atoms with Crippen molar-refractivity contribution in [3.8, 4) is 0 Å². The fourth-order valence-corrected chi connectivity index (χ4v) is 2.85. The van der Waals surface area contributed by atoms with Crippen LogP contribution in [0.15, 0.2) is 60.7 Å². The van der Waals surface area contributed by atoms with E-state index in [-0.39, 0.29) is 11.7 Å². The number of carbonyl (C=O) groups is 1. The molecule has 0 radical (unpaired) electrons. The van der Waals surface area contributed by atoms with E-state index >= 15 is 0 Å². The molecule has 1 amide bonds. The molecule has 0 aliphatic rings. The molecular weight excluding hydrogens is 325 g/mol. The number of benzene rings is 2. The number of anilines is 1. The highest BCUT2D eigenvalue weighted by molar-refractivity contribution is 7.15. The van der Waals surface area contributed by atoms with E-state index in [1.54, 1.807) is 18.2 Å². The highest BCUT2D eigenvalue weighted by Crippen LogP contribution is 2.18. The van der Waals surface area contributed by atoms with Gasteiger partial charge in [0.05, 0.1) is 0 Å². The van der Waals surface area contributed by atoms with Crippen molar-refractivity contribution in [2.75, 3.05) is 5.32 Å². The molecule has 6 heteroatoms. The summed E-state index contributed by atoms with van der Waals surface area (Å²) in [6.07, 6.45) is 3.56. The number of hydrogen-bond acceptors (Lipinski definition) is 4. The number of hydrogen-bond donors (Lipinski definition) is 1. The van der Waals surface area contributed by atoms with Gasteiger partial charge >= 0.3 is 0 Å². The largest absolute Gasteiger partial charge is 0.297 e. The fourth-order valence-electron chi connectivity index (χ4n) is 2.08. The maximum Gasteiger partial charge on any atom is 0.250 e. The molecule has 0 bridgehead atoms. The van der Waals surface area contributed by atoms with Crippen LogP contribution in [0.2, 0.25) is 0 Å². The molecule has 120 valence electrons. The number of halogens is 1. The Morgan fingerprint density at radius 3 is 2.75 bits per heavy atom. The van der Waals surface area contributed by atoms with Gasteiger partial charge in [0, 0.05) is 12.5 Å². The third-order valence-electron chi connectivity index (χ3n) is 3.17. The van der Waals surface area contributed by atoms with Gasteiger partial charge in [-0.25, -0.2) is 4.39 Å². The Morgan fingerprint density at radius 1 is 1.12 bits per heavy atom. The zero-order chi connectivity index (χ0) is 16.8. The second-order valence-corrected chi connectivity index (χ2v) is 6.10. The topological polar surface area (TPSA) is 54.9 Å². The third-order valence-corrected chi connectivity index (χ3v) is 4.01. The zero-order valence-corrected chi connectivity index (χ0v) is 13.5. The van der Waals surface area contributed by atoms with Crippen molar-refractivity contribution in [3.63, 3.8) is 0 Å². The molecule has 0 saturated carbocycles. The summed E-state index contributed by atoms with van der Waals surface area (Å²) in [4.78, 5) is 11.9. The van der Waals surface area contributed by atoms with Gasteiger partial charge in [-0.3, -0.25) is 10.1 Å². The summed E-state index contributed by atoms with van der Waals surface area (Å²) < 4.78 is 13.1. The lowest BCUT2D eigenvalue weighted by Crippen LogP contribution is -2.07. The first-order valence-electron chi connectivity index (χ1n) is 7.30. The summed E-state index contributed by atoms with van der Waals surface area (Å²) in [5.41, 5.74) is 1.75. The molecule has 0 aliphatic carbocycles. The van der Waals surface area contributed by atoms with Gasteiger partial charge < -0.3 is 0 Å². The number of nitrogens with one attached hydrogen (secondary N) is 1. The van der Waals surface area contributed by atoms with Crippen LogP contribution in [0.1, 0.15) is 16.1 Å². The lowest BCUT2D eigenvalue weighted by atomic mass is 10.2. The Morgan fingerprint density at radius 2 is 1.96 bits per heavy atom. The molecule has 24 heavy (non-hydrogen) atoms. The van der Waals surface area contributed by atoms with Crippen molar-refractivity contribution in [1.82, 2.24) is 10.2 Å². The summed E-state index contributed by atoms with van der Waals surface area (Å²) >= 11 is 1.33. The van der Waals surface area contributed by atoms with Crippen LogP contribution in [-0.4, -0.2) is 16.1 Å². The highest BCUT2D eigenvalue weighted by atomic mass is 32.1. The van der Waals surface area contributed by atoms with Crippen molar-refractivity contribution in [2.45, 2.75) is 6.42 Å². The molecule has 0 aliphatic heterocycles. The summed E-state index contributed by atoms with van der Waals surface area (Å²) in [5, 5.41) is 12.0. The minimum absolute atomic E-state index is 0.332. The van der Waals surface area contributed by atoms with Gasteiger partial charge in [0.15, 0.2) is 0 Å². The monoisotopic (exact) mass is 339 g/mol. The average molecular weight is 339 g/mol. The maximum atomic E-state index is 13.1. The molecule has 3 rings (SSSR count). The van der Waals surface area contributed by atoms with Crippen LogP contribution in [0.25, 0.3) is 6.08 Å². The molecular formula is C18H14FN3OS. The van der Waals surface area contributed by atoms with Crippen molar-refractivity contribution in [3.05, 3.63) is 82.6 Å². The molecule has 0 unspecified atom stereocenters. The minimum Gasteiger partial charge on any atom is -0.297 e. The predicted molar refractivity (Wildman–Crippen MR) is 93.2 cm³/mol. The Balaban J connectivity index is 1.59. The van der Waals surface area contributed by atoms with Gasteiger partial charge in [0.1, 0.15) is 10.8 Å². The van der Waals surface area contributed by atoms with Crippen molar-refractivity contribution >= 4 is 28.5 Å². The number of aromatic nitrogens is 2. The molecule has 1 heterocycles. The summed E-state index contributed by atoms with van der Waals surface area (Å²) in [6.45, 7) is 0. The van der Waals surface area contributed by atoms with E-state index in [1.165, 1.54) is 29.5 Å². The van der Waals surface area contributed by atoms with Gasteiger partial charge in [-0.2, -0.15) is 0 Å². The Bertz CT molecular complexity index is 861. The van der Waals surface area contributed by atoms with Gasteiger partial charge in [-0.05, 0) is 29.3 Å².